The van der Waals surface area contributed by atoms with E-state index in [0.29, 0.717) is 16.7 Å². The van der Waals surface area contributed by atoms with Gasteiger partial charge < -0.3 is 11.1 Å². The Morgan fingerprint density at radius 2 is 1.74 bits per heavy atom. The van der Waals surface area contributed by atoms with Crippen LogP contribution in [0.2, 0.25) is 0 Å². The van der Waals surface area contributed by atoms with Crippen LogP contribution in [0.1, 0.15) is 36.6 Å². The Balaban J connectivity index is 0.00000261. The maximum absolute atomic E-state index is 14.0. The van der Waals surface area contributed by atoms with E-state index in [1.54, 1.807) is 30.3 Å². The van der Waals surface area contributed by atoms with Crippen LogP contribution in [-0.2, 0) is 6.42 Å². The molecule has 3 N–H and O–H groups in total. The summed E-state index contributed by atoms with van der Waals surface area (Å²) >= 11 is 0. The molecular formula is C19H19ClFN3O3. The third-order valence-corrected chi connectivity index (χ3v) is 4.30. The molecule has 0 spiro atoms. The van der Waals surface area contributed by atoms with Gasteiger partial charge in [-0.3, -0.25) is 19.3 Å². The van der Waals surface area contributed by atoms with Crippen molar-refractivity contribution < 1.29 is 18.8 Å². The highest BCUT2D eigenvalue weighted by atomic mass is 35.5. The van der Waals surface area contributed by atoms with E-state index in [-0.39, 0.29) is 42.8 Å². The maximum atomic E-state index is 14.0. The van der Waals surface area contributed by atoms with Gasteiger partial charge in [0.1, 0.15) is 5.82 Å². The Morgan fingerprint density at radius 3 is 2.26 bits per heavy atom. The monoisotopic (exact) mass is 391 g/mol. The lowest BCUT2D eigenvalue weighted by atomic mass is 10.0. The number of halogens is 2. The van der Waals surface area contributed by atoms with Gasteiger partial charge in [-0.25, -0.2) is 4.39 Å². The lowest BCUT2D eigenvalue weighted by molar-refractivity contribution is 0.0644. The first-order valence-electron chi connectivity index (χ1n) is 8.13. The van der Waals surface area contributed by atoms with Gasteiger partial charge in [-0.15, -0.1) is 12.4 Å². The Kier molecular flexibility index (Phi) is 6.30. The number of carbonyl (C=O) groups is 3. The van der Waals surface area contributed by atoms with Crippen LogP contribution in [0.5, 0.6) is 0 Å². The molecule has 8 heteroatoms. The van der Waals surface area contributed by atoms with Crippen molar-refractivity contribution in [2.45, 2.75) is 12.5 Å². The molecule has 1 heterocycles. The van der Waals surface area contributed by atoms with Crippen molar-refractivity contribution in [3.63, 3.8) is 0 Å². The molecule has 0 unspecified atom stereocenters. The molecule has 3 amide bonds. The lowest BCUT2D eigenvalue weighted by Gasteiger charge is -2.19. The quantitative estimate of drug-likeness (QED) is 0.760. The molecule has 0 radical (unpaired) electrons. The molecule has 142 valence electrons. The van der Waals surface area contributed by atoms with Crippen molar-refractivity contribution in [1.29, 1.82) is 0 Å². The molecule has 6 nitrogen and oxygen atoms in total. The summed E-state index contributed by atoms with van der Waals surface area (Å²) in [6, 6.07) is 10.3. The molecule has 2 aromatic carbocycles. The van der Waals surface area contributed by atoms with Gasteiger partial charge >= 0.3 is 0 Å². The second kappa shape index (κ2) is 8.28. The summed E-state index contributed by atoms with van der Waals surface area (Å²) in [5.41, 5.74) is 7.34. The van der Waals surface area contributed by atoms with Crippen molar-refractivity contribution in [3.8, 4) is 0 Å². The molecular weight excluding hydrogens is 373 g/mol. The van der Waals surface area contributed by atoms with Gasteiger partial charge in [0.25, 0.3) is 17.7 Å². The molecule has 0 aliphatic carbocycles. The zero-order valence-corrected chi connectivity index (χ0v) is 15.4. The zero-order valence-electron chi connectivity index (χ0n) is 14.6. The van der Waals surface area contributed by atoms with Gasteiger partial charge in [-0.1, -0.05) is 18.2 Å². The highest BCUT2D eigenvalue weighted by Crippen LogP contribution is 2.22. The fourth-order valence-corrected chi connectivity index (χ4v) is 3.01. The normalized spacial score (nSPS) is 13.8. The molecule has 1 aliphatic heterocycles. The van der Waals surface area contributed by atoms with E-state index in [4.69, 9.17) is 5.73 Å². The number of hydrogen-bond acceptors (Lipinski definition) is 4. The minimum atomic E-state index is -0.644. The Morgan fingerprint density at radius 1 is 1.15 bits per heavy atom. The molecule has 0 bridgehead atoms. The maximum Gasteiger partial charge on any atom is 0.261 e. The number of hydrogen-bond donors (Lipinski definition) is 2. The van der Waals surface area contributed by atoms with Crippen LogP contribution in [0.25, 0.3) is 0 Å². The number of amides is 3. The first-order chi connectivity index (χ1) is 12.4. The summed E-state index contributed by atoms with van der Waals surface area (Å²) in [4.78, 5) is 37.3. The topological polar surface area (TPSA) is 92.5 Å². The zero-order chi connectivity index (χ0) is 18.8. The largest absolute Gasteiger partial charge is 0.355 e. The molecule has 1 atom stereocenters. The summed E-state index contributed by atoms with van der Waals surface area (Å²) in [6.07, 6.45) is 0.262. The number of benzene rings is 2. The predicted molar refractivity (Wildman–Crippen MR) is 101 cm³/mol. The van der Waals surface area contributed by atoms with E-state index < -0.39 is 17.8 Å². The number of nitrogens with one attached hydrogen (secondary N) is 1. The molecule has 27 heavy (non-hydrogen) atoms. The van der Waals surface area contributed by atoms with Crippen molar-refractivity contribution in [2.75, 3.05) is 13.6 Å². The second-order valence-electron chi connectivity index (χ2n) is 6.12. The standard InChI is InChI=1S/C19H18FN3O3.ClH/c1-22-17(24)15-7-6-11(9-16(15)20)8-12(21)10-23-18(25)13-4-2-3-5-14(13)19(23)26;/h2-7,9,12H,8,10,21H2,1H3,(H,22,24);1H/t12-;/m0./s1. The van der Waals surface area contributed by atoms with E-state index in [1.165, 1.54) is 19.2 Å². The molecule has 0 fully saturated rings. The van der Waals surface area contributed by atoms with Crippen LogP contribution in [0.3, 0.4) is 0 Å². The summed E-state index contributed by atoms with van der Waals surface area (Å²) in [7, 11) is 1.42. The van der Waals surface area contributed by atoms with Gasteiger partial charge in [0.05, 0.1) is 16.7 Å². The fourth-order valence-electron chi connectivity index (χ4n) is 3.01. The summed E-state index contributed by atoms with van der Waals surface area (Å²) in [6.45, 7) is 0.0329. The molecule has 0 aromatic heterocycles. The fraction of sp³-hybridized carbons (Fsp3) is 0.211. The van der Waals surface area contributed by atoms with Crippen molar-refractivity contribution in [2.24, 2.45) is 5.73 Å². The Bertz CT molecular complexity index is 869. The first-order valence-corrected chi connectivity index (χ1v) is 8.13. The van der Waals surface area contributed by atoms with Crippen molar-refractivity contribution in [1.82, 2.24) is 10.2 Å². The number of nitrogens with two attached hydrogens (primary N) is 1. The second-order valence-corrected chi connectivity index (χ2v) is 6.12. The number of imide groups is 1. The molecule has 1 aliphatic rings. The third kappa shape index (κ3) is 3.99. The van der Waals surface area contributed by atoms with E-state index in [2.05, 4.69) is 5.32 Å². The molecule has 0 saturated carbocycles. The number of fused-ring (bicyclic) bond motifs is 1. The highest BCUT2D eigenvalue weighted by Gasteiger charge is 2.35. The summed E-state index contributed by atoms with van der Waals surface area (Å²) in [5, 5.41) is 2.36. The number of rotatable bonds is 5. The Hall–Kier alpha value is -2.77. The summed E-state index contributed by atoms with van der Waals surface area (Å²) in [5.74, 6) is -1.90. The smallest absolute Gasteiger partial charge is 0.261 e. The average molecular weight is 392 g/mol. The predicted octanol–water partition coefficient (Wildman–Crippen LogP) is 1.77. The van der Waals surface area contributed by atoms with E-state index in [0.717, 1.165) is 4.90 Å². The van der Waals surface area contributed by atoms with Crippen LogP contribution in [-0.4, -0.2) is 42.3 Å². The van der Waals surface area contributed by atoms with Crippen LogP contribution >= 0.6 is 12.4 Å². The van der Waals surface area contributed by atoms with Crippen LogP contribution in [0, 0.1) is 5.82 Å². The lowest BCUT2D eigenvalue weighted by Crippen LogP contribution is -2.41. The highest BCUT2D eigenvalue weighted by molar-refractivity contribution is 6.21. The third-order valence-electron chi connectivity index (χ3n) is 4.30. The molecule has 2 aromatic rings. The first kappa shape index (κ1) is 20.5. The van der Waals surface area contributed by atoms with Gasteiger partial charge in [0.15, 0.2) is 0 Å². The molecule has 3 rings (SSSR count). The van der Waals surface area contributed by atoms with Crippen molar-refractivity contribution in [3.05, 3.63) is 70.5 Å². The van der Waals surface area contributed by atoms with Gasteiger partial charge in [0, 0.05) is 19.6 Å². The van der Waals surface area contributed by atoms with Crippen molar-refractivity contribution >= 4 is 30.1 Å². The Labute approximate surface area is 161 Å². The number of nitrogens with zero attached hydrogens (tertiary/aromatic N) is 1. The minimum Gasteiger partial charge on any atom is -0.355 e. The van der Waals surface area contributed by atoms with Gasteiger partial charge in [0.2, 0.25) is 0 Å². The van der Waals surface area contributed by atoms with E-state index >= 15 is 0 Å². The van der Waals surface area contributed by atoms with E-state index in [9.17, 15) is 18.8 Å². The summed E-state index contributed by atoms with van der Waals surface area (Å²) < 4.78 is 14.0. The van der Waals surface area contributed by atoms with Gasteiger partial charge in [-0.2, -0.15) is 0 Å². The van der Waals surface area contributed by atoms with Crippen LogP contribution in [0.15, 0.2) is 42.5 Å². The molecule has 0 saturated heterocycles. The SMILES string of the molecule is CNC(=O)c1ccc(C[C@H](N)CN2C(=O)c3ccccc3C2=O)cc1F.Cl. The van der Waals surface area contributed by atoms with E-state index in [1.807, 2.05) is 0 Å². The number of carbonyl (C=O) groups excluding carboxylic acids is 3. The van der Waals surface area contributed by atoms with Gasteiger partial charge in [-0.05, 0) is 36.2 Å². The van der Waals surface area contributed by atoms with Crippen LogP contribution < -0.4 is 11.1 Å². The minimum absolute atomic E-state index is 0. The average Bonchev–Trinajstić information content (AvgIpc) is 2.86. The van der Waals surface area contributed by atoms with Crippen LogP contribution in [0.4, 0.5) is 4.39 Å².